The van der Waals surface area contributed by atoms with Gasteiger partial charge in [-0.05, 0) is 43.7 Å². The fourth-order valence-corrected chi connectivity index (χ4v) is 5.17. The Labute approximate surface area is 200 Å². The van der Waals surface area contributed by atoms with E-state index in [-0.39, 0.29) is 27.5 Å². The van der Waals surface area contributed by atoms with E-state index in [4.69, 9.17) is 4.42 Å². The number of aryl methyl sites for hydroxylation is 2. The molecule has 9 nitrogen and oxygen atoms in total. The minimum absolute atomic E-state index is 0.0864. The van der Waals surface area contributed by atoms with Crippen LogP contribution < -0.4 is 4.90 Å². The molecule has 1 atom stereocenters. The van der Waals surface area contributed by atoms with Crippen LogP contribution in [0.4, 0.5) is 15.2 Å². The van der Waals surface area contributed by atoms with Crippen LogP contribution in [0, 0.1) is 29.8 Å². The normalized spacial score (nSPS) is 17.5. The molecule has 0 saturated carbocycles. The largest absolute Gasteiger partial charge is 0.507 e. The number of carbonyl (C=O) groups excluding carboxylic acids is 2. The van der Waals surface area contributed by atoms with Crippen molar-refractivity contribution in [2.75, 3.05) is 4.90 Å². The van der Waals surface area contributed by atoms with E-state index in [9.17, 15) is 29.2 Å². The Morgan fingerprint density at radius 1 is 1.20 bits per heavy atom. The van der Waals surface area contributed by atoms with Crippen LogP contribution >= 0.6 is 11.3 Å². The van der Waals surface area contributed by atoms with Gasteiger partial charge in [0, 0.05) is 12.1 Å². The zero-order chi connectivity index (χ0) is 25.0. The van der Waals surface area contributed by atoms with Gasteiger partial charge in [-0.3, -0.25) is 24.6 Å². The first kappa shape index (κ1) is 22.4. The SMILES string of the molecule is Cc1cc(/C(O)=C2\C(=O)C(=O)N(c3nc4ccc(F)cc4s3)C2c2cccc([N+](=O)[O-])c2)c(C)o1. The first-order valence-electron chi connectivity index (χ1n) is 10.3. The van der Waals surface area contributed by atoms with E-state index in [1.165, 1.54) is 48.5 Å². The molecule has 5 rings (SSSR count). The van der Waals surface area contributed by atoms with Gasteiger partial charge in [-0.2, -0.15) is 0 Å². The summed E-state index contributed by atoms with van der Waals surface area (Å²) in [5, 5.41) is 22.7. The molecule has 176 valence electrons. The molecule has 3 heterocycles. The van der Waals surface area contributed by atoms with Gasteiger partial charge in [0.15, 0.2) is 5.13 Å². The third-order valence-corrected chi connectivity index (χ3v) is 6.70. The number of rotatable bonds is 4. The lowest BCUT2D eigenvalue weighted by atomic mass is 9.95. The number of halogens is 1. The number of anilines is 1. The summed E-state index contributed by atoms with van der Waals surface area (Å²) in [6.07, 6.45) is 0. The van der Waals surface area contributed by atoms with Crippen molar-refractivity contribution in [3.63, 3.8) is 0 Å². The number of nitro benzene ring substituents is 1. The molecule has 11 heteroatoms. The van der Waals surface area contributed by atoms with Crippen LogP contribution in [0.1, 0.15) is 28.7 Å². The Hall–Kier alpha value is -4.38. The summed E-state index contributed by atoms with van der Waals surface area (Å²) in [6, 6.07) is 9.70. The van der Waals surface area contributed by atoms with Gasteiger partial charge in [0.25, 0.3) is 11.5 Å². The van der Waals surface area contributed by atoms with Crippen LogP contribution in [0.25, 0.3) is 16.0 Å². The van der Waals surface area contributed by atoms with Gasteiger partial charge < -0.3 is 9.52 Å². The lowest BCUT2D eigenvalue weighted by Gasteiger charge is -2.22. The van der Waals surface area contributed by atoms with Crippen LogP contribution in [0.15, 0.2) is 58.5 Å². The number of hydrogen-bond donors (Lipinski definition) is 1. The number of ketones is 1. The monoisotopic (exact) mass is 493 g/mol. The molecular formula is C24H16FN3O6S. The molecule has 0 bridgehead atoms. The van der Waals surface area contributed by atoms with Crippen LogP contribution in [0.5, 0.6) is 0 Å². The minimum Gasteiger partial charge on any atom is -0.507 e. The quantitative estimate of drug-likeness (QED) is 0.136. The fraction of sp³-hybridized carbons (Fsp3) is 0.125. The molecule has 1 fully saturated rings. The topological polar surface area (TPSA) is 127 Å². The molecule has 0 spiro atoms. The van der Waals surface area contributed by atoms with Crippen LogP contribution in [0.2, 0.25) is 0 Å². The van der Waals surface area contributed by atoms with Crippen molar-refractivity contribution >= 4 is 49.8 Å². The van der Waals surface area contributed by atoms with Crippen molar-refractivity contribution in [2.45, 2.75) is 19.9 Å². The van der Waals surface area contributed by atoms with Gasteiger partial charge in [-0.25, -0.2) is 9.37 Å². The van der Waals surface area contributed by atoms with Crippen molar-refractivity contribution in [1.29, 1.82) is 0 Å². The zero-order valence-electron chi connectivity index (χ0n) is 18.3. The standard InChI is InChI=1S/C24H16FN3O6S/c1-11-8-16(12(2)34-11)21(29)19-20(13-4-3-5-15(9-13)28(32)33)27(23(31)22(19)30)24-26-17-7-6-14(25)10-18(17)35-24/h3-10,20,29H,1-2H3/b21-19+. The molecule has 1 aliphatic rings. The molecule has 0 radical (unpaired) electrons. The summed E-state index contributed by atoms with van der Waals surface area (Å²) >= 11 is 0.985. The number of amides is 1. The minimum atomic E-state index is -1.21. The van der Waals surface area contributed by atoms with Crippen LogP contribution in [0.3, 0.4) is 0 Å². The van der Waals surface area contributed by atoms with Gasteiger partial charge in [0.1, 0.15) is 23.1 Å². The maximum Gasteiger partial charge on any atom is 0.301 e. The maximum atomic E-state index is 13.7. The Morgan fingerprint density at radius 2 is 1.97 bits per heavy atom. The summed E-state index contributed by atoms with van der Waals surface area (Å²) in [6.45, 7) is 3.27. The number of nitrogens with zero attached hydrogens (tertiary/aromatic N) is 3. The van der Waals surface area contributed by atoms with E-state index in [0.29, 0.717) is 21.7 Å². The van der Waals surface area contributed by atoms with Crippen molar-refractivity contribution in [1.82, 2.24) is 4.98 Å². The molecule has 1 amide bonds. The summed E-state index contributed by atoms with van der Waals surface area (Å²) in [5.41, 5.74) is 0.345. The van der Waals surface area contributed by atoms with Gasteiger partial charge in [0.2, 0.25) is 0 Å². The second kappa shape index (κ2) is 8.13. The van der Waals surface area contributed by atoms with Gasteiger partial charge >= 0.3 is 5.91 Å². The molecule has 1 saturated heterocycles. The highest BCUT2D eigenvalue weighted by molar-refractivity contribution is 7.22. The Kier molecular flexibility index (Phi) is 5.21. The average molecular weight is 493 g/mol. The van der Waals surface area contributed by atoms with E-state index in [1.54, 1.807) is 13.8 Å². The number of aliphatic hydroxyl groups excluding tert-OH is 1. The van der Waals surface area contributed by atoms with E-state index < -0.39 is 34.2 Å². The lowest BCUT2D eigenvalue weighted by Crippen LogP contribution is -2.29. The number of furan rings is 1. The van der Waals surface area contributed by atoms with Gasteiger partial charge in [-0.15, -0.1) is 0 Å². The van der Waals surface area contributed by atoms with E-state index in [2.05, 4.69) is 4.98 Å². The molecular weight excluding hydrogens is 477 g/mol. The number of aliphatic hydroxyl groups is 1. The Balaban J connectivity index is 1.77. The average Bonchev–Trinajstić information content (AvgIpc) is 3.46. The van der Waals surface area contributed by atoms with Crippen LogP contribution in [-0.4, -0.2) is 26.7 Å². The first-order valence-corrected chi connectivity index (χ1v) is 11.2. The fourth-order valence-electron chi connectivity index (χ4n) is 4.15. The molecule has 2 aromatic heterocycles. The molecule has 1 unspecified atom stereocenters. The van der Waals surface area contributed by atoms with Crippen molar-refractivity contribution in [2.24, 2.45) is 0 Å². The highest BCUT2D eigenvalue weighted by Crippen LogP contribution is 2.45. The predicted octanol–water partition coefficient (Wildman–Crippen LogP) is 5.18. The summed E-state index contributed by atoms with van der Waals surface area (Å²) < 4.78 is 19.7. The number of aromatic nitrogens is 1. The number of carbonyl (C=O) groups is 2. The highest BCUT2D eigenvalue weighted by atomic mass is 32.1. The second-order valence-corrected chi connectivity index (χ2v) is 8.97. The van der Waals surface area contributed by atoms with Crippen molar-refractivity contribution in [3.8, 4) is 0 Å². The molecule has 35 heavy (non-hydrogen) atoms. The number of thiazole rings is 1. The smallest absolute Gasteiger partial charge is 0.301 e. The maximum absolute atomic E-state index is 13.7. The molecule has 0 aliphatic carbocycles. The summed E-state index contributed by atoms with van der Waals surface area (Å²) in [4.78, 5) is 42.8. The van der Waals surface area contributed by atoms with E-state index in [0.717, 1.165) is 16.2 Å². The number of nitro groups is 1. The van der Waals surface area contributed by atoms with Crippen molar-refractivity contribution in [3.05, 3.63) is 92.7 Å². The number of Topliss-reactive ketones (excluding diaryl/α,β-unsaturated/α-hetero) is 1. The number of benzene rings is 2. The molecule has 2 aromatic carbocycles. The highest BCUT2D eigenvalue weighted by Gasteiger charge is 2.48. The lowest BCUT2D eigenvalue weighted by molar-refractivity contribution is -0.384. The Bertz CT molecular complexity index is 1590. The number of non-ortho nitro benzene ring substituents is 1. The third-order valence-electron chi connectivity index (χ3n) is 5.68. The van der Waals surface area contributed by atoms with E-state index >= 15 is 0 Å². The summed E-state index contributed by atoms with van der Waals surface area (Å²) in [5.74, 6) is -2.10. The van der Waals surface area contributed by atoms with Crippen LogP contribution in [-0.2, 0) is 9.59 Å². The third kappa shape index (κ3) is 3.66. The first-order chi connectivity index (χ1) is 16.7. The molecule has 1 N–H and O–H groups in total. The van der Waals surface area contributed by atoms with Gasteiger partial charge in [0.05, 0.1) is 32.3 Å². The molecule has 4 aromatic rings. The number of fused-ring (bicyclic) bond motifs is 1. The van der Waals surface area contributed by atoms with Gasteiger partial charge in [-0.1, -0.05) is 23.5 Å². The van der Waals surface area contributed by atoms with Crippen molar-refractivity contribution < 1.29 is 28.4 Å². The summed E-state index contributed by atoms with van der Waals surface area (Å²) in [7, 11) is 0. The zero-order valence-corrected chi connectivity index (χ0v) is 19.1. The van der Waals surface area contributed by atoms with E-state index in [1.807, 2.05) is 0 Å². The number of hydrogen-bond acceptors (Lipinski definition) is 8. The molecule has 1 aliphatic heterocycles. The Morgan fingerprint density at radius 3 is 2.66 bits per heavy atom. The second-order valence-electron chi connectivity index (χ2n) is 7.96. The predicted molar refractivity (Wildman–Crippen MR) is 126 cm³/mol.